The monoisotopic (exact) mass is 518 g/mol. The van der Waals surface area contributed by atoms with Gasteiger partial charge >= 0.3 is 5.69 Å². The van der Waals surface area contributed by atoms with E-state index in [-0.39, 0.29) is 6.61 Å². The lowest BCUT2D eigenvalue weighted by molar-refractivity contribution is 0.0276. The second-order valence-corrected chi connectivity index (χ2v) is 8.57. The van der Waals surface area contributed by atoms with Crippen molar-refractivity contribution in [2.75, 3.05) is 13.7 Å². The van der Waals surface area contributed by atoms with Crippen LogP contribution in [0.5, 0.6) is 11.5 Å². The Morgan fingerprint density at radius 2 is 1.83 bits per heavy atom. The first-order valence-electron chi connectivity index (χ1n) is 9.32. The molecule has 2 aromatic carbocycles. The predicted molar refractivity (Wildman–Crippen MR) is 126 cm³/mol. The molecule has 1 heterocycles. The van der Waals surface area contributed by atoms with Gasteiger partial charge in [0.05, 0.1) is 24.1 Å². The molecule has 1 aromatic heterocycles. The van der Waals surface area contributed by atoms with Crippen molar-refractivity contribution in [3.8, 4) is 17.2 Å². The summed E-state index contributed by atoms with van der Waals surface area (Å²) in [6, 6.07) is 15.0. The molecule has 7 heteroatoms. The van der Waals surface area contributed by atoms with Crippen LogP contribution in [0.4, 0.5) is 0 Å². The number of aliphatic hydroxyl groups is 1. The topological polar surface area (TPSA) is 73.6 Å². The fraction of sp³-hybridized carbons (Fsp3) is 0.217. The molecule has 0 saturated heterocycles. The van der Waals surface area contributed by atoms with E-state index < -0.39 is 11.3 Å². The average Bonchev–Trinajstić information content (AvgIpc) is 2.71. The molecule has 30 heavy (non-hydrogen) atoms. The van der Waals surface area contributed by atoms with Crippen molar-refractivity contribution in [3.05, 3.63) is 80.0 Å². The van der Waals surface area contributed by atoms with Gasteiger partial charge in [-0.15, -0.1) is 0 Å². The first-order chi connectivity index (χ1) is 14.2. The van der Waals surface area contributed by atoms with Crippen molar-refractivity contribution < 1.29 is 14.6 Å². The van der Waals surface area contributed by atoms with E-state index in [1.807, 2.05) is 36.4 Å². The Morgan fingerprint density at radius 1 is 1.10 bits per heavy atom. The molecule has 6 nitrogen and oxygen atoms in total. The number of aromatic nitrogens is 2. The van der Waals surface area contributed by atoms with Gasteiger partial charge in [0.15, 0.2) is 11.5 Å². The van der Waals surface area contributed by atoms with Gasteiger partial charge in [0.2, 0.25) is 0 Å². The van der Waals surface area contributed by atoms with E-state index in [1.54, 1.807) is 44.3 Å². The SMILES string of the molecule is COc1cc(-n2ccc(/C=C/c3ccc(I)cc3)nc2=O)ccc1OCC(C)(C)O. The van der Waals surface area contributed by atoms with Crippen molar-refractivity contribution in [2.24, 2.45) is 0 Å². The van der Waals surface area contributed by atoms with Gasteiger partial charge in [-0.25, -0.2) is 4.79 Å². The zero-order chi connectivity index (χ0) is 21.7. The van der Waals surface area contributed by atoms with E-state index in [0.717, 1.165) is 9.13 Å². The van der Waals surface area contributed by atoms with Crippen LogP contribution in [0.1, 0.15) is 25.1 Å². The minimum absolute atomic E-state index is 0.117. The Labute approximate surface area is 189 Å². The summed E-state index contributed by atoms with van der Waals surface area (Å²) in [4.78, 5) is 16.7. The molecule has 0 fully saturated rings. The van der Waals surface area contributed by atoms with E-state index >= 15 is 0 Å². The number of ether oxygens (including phenoxy) is 2. The van der Waals surface area contributed by atoms with Crippen LogP contribution in [0.25, 0.3) is 17.8 Å². The van der Waals surface area contributed by atoms with E-state index in [2.05, 4.69) is 27.6 Å². The smallest absolute Gasteiger partial charge is 0.352 e. The largest absolute Gasteiger partial charge is 0.493 e. The molecule has 0 amide bonds. The van der Waals surface area contributed by atoms with Crippen LogP contribution < -0.4 is 15.2 Å². The van der Waals surface area contributed by atoms with Gasteiger partial charge in [-0.2, -0.15) is 4.98 Å². The minimum Gasteiger partial charge on any atom is -0.493 e. The van der Waals surface area contributed by atoms with Crippen LogP contribution in [0.15, 0.2) is 59.5 Å². The second-order valence-electron chi connectivity index (χ2n) is 7.33. The van der Waals surface area contributed by atoms with Gasteiger partial charge in [0.25, 0.3) is 0 Å². The molecule has 0 aliphatic carbocycles. The molecule has 3 rings (SSSR count). The molecule has 1 N–H and O–H groups in total. The number of nitrogens with zero attached hydrogens (tertiary/aromatic N) is 2. The Balaban J connectivity index is 1.82. The quantitative estimate of drug-likeness (QED) is 0.476. The Morgan fingerprint density at radius 3 is 2.47 bits per heavy atom. The van der Waals surface area contributed by atoms with Crippen LogP contribution in [0.2, 0.25) is 0 Å². The number of rotatable bonds is 7. The highest BCUT2D eigenvalue weighted by Crippen LogP contribution is 2.29. The molecular formula is C23H23IN2O4. The van der Waals surface area contributed by atoms with Crippen molar-refractivity contribution >= 4 is 34.7 Å². The lowest BCUT2D eigenvalue weighted by Gasteiger charge is -2.19. The molecule has 0 saturated carbocycles. The van der Waals surface area contributed by atoms with Gasteiger partial charge in [-0.05, 0) is 78.4 Å². The standard InChI is InChI=1S/C23H23IN2O4/c1-23(2,28)15-30-20-11-10-19(14-21(20)29-3)26-13-12-18(25-22(26)27)9-6-16-4-7-17(24)8-5-16/h4-14,28H,15H2,1-3H3/b9-6+. The van der Waals surface area contributed by atoms with Gasteiger partial charge in [-0.3, -0.25) is 4.57 Å². The molecular weight excluding hydrogens is 495 g/mol. The molecule has 3 aromatic rings. The minimum atomic E-state index is -0.966. The van der Waals surface area contributed by atoms with E-state index in [4.69, 9.17) is 9.47 Å². The zero-order valence-electron chi connectivity index (χ0n) is 17.0. The lowest BCUT2D eigenvalue weighted by Crippen LogP contribution is -2.28. The van der Waals surface area contributed by atoms with Crippen molar-refractivity contribution in [2.45, 2.75) is 19.4 Å². The molecule has 0 bridgehead atoms. The maximum atomic E-state index is 12.6. The number of methoxy groups -OCH3 is 1. The van der Waals surface area contributed by atoms with Crippen LogP contribution in [0.3, 0.4) is 0 Å². The van der Waals surface area contributed by atoms with Crippen molar-refractivity contribution in [1.29, 1.82) is 0 Å². The highest BCUT2D eigenvalue weighted by atomic mass is 127. The van der Waals surface area contributed by atoms with Gasteiger partial charge in [0, 0.05) is 15.8 Å². The summed E-state index contributed by atoms with van der Waals surface area (Å²) in [5.74, 6) is 0.952. The second kappa shape index (κ2) is 9.44. The van der Waals surface area contributed by atoms with E-state index in [9.17, 15) is 9.90 Å². The summed E-state index contributed by atoms with van der Waals surface area (Å²) in [7, 11) is 1.52. The maximum absolute atomic E-state index is 12.6. The first kappa shape index (κ1) is 22.0. The molecule has 0 radical (unpaired) electrons. The number of benzene rings is 2. The Bertz CT molecular complexity index is 1100. The molecule has 0 atom stereocenters. The lowest BCUT2D eigenvalue weighted by atomic mass is 10.2. The summed E-state index contributed by atoms with van der Waals surface area (Å²) >= 11 is 2.26. The third-order valence-corrected chi connectivity index (χ3v) is 4.87. The Kier molecular flexibility index (Phi) is 6.94. The zero-order valence-corrected chi connectivity index (χ0v) is 19.2. The molecule has 156 valence electrons. The summed E-state index contributed by atoms with van der Waals surface area (Å²) in [6.45, 7) is 3.44. The third kappa shape index (κ3) is 5.93. The summed E-state index contributed by atoms with van der Waals surface area (Å²) in [5.41, 5.74) is 0.853. The first-order valence-corrected chi connectivity index (χ1v) is 10.4. The van der Waals surface area contributed by atoms with E-state index in [0.29, 0.717) is 22.9 Å². The van der Waals surface area contributed by atoms with Gasteiger partial charge in [0.1, 0.15) is 6.61 Å². The normalized spacial score (nSPS) is 11.6. The molecule has 0 aliphatic heterocycles. The van der Waals surface area contributed by atoms with E-state index in [1.165, 1.54) is 11.7 Å². The molecule has 0 aliphatic rings. The van der Waals surface area contributed by atoms with Crippen molar-refractivity contribution in [1.82, 2.24) is 9.55 Å². The van der Waals surface area contributed by atoms with Crippen LogP contribution in [-0.4, -0.2) is 34.0 Å². The van der Waals surface area contributed by atoms with Crippen LogP contribution in [0, 0.1) is 3.57 Å². The molecule has 0 unspecified atom stereocenters. The van der Waals surface area contributed by atoms with Crippen LogP contribution in [-0.2, 0) is 0 Å². The highest BCUT2D eigenvalue weighted by Gasteiger charge is 2.16. The number of halogens is 1. The fourth-order valence-corrected chi connectivity index (χ4v) is 3.00. The fourth-order valence-electron chi connectivity index (χ4n) is 2.64. The van der Waals surface area contributed by atoms with Crippen molar-refractivity contribution in [3.63, 3.8) is 0 Å². The summed E-state index contributed by atoms with van der Waals surface area (Å²) in [6.07, 6.45) is 5.40. The van der Waals surface area contributed by atoms with Gasteiger partial charge in [-0.1, -0.05) is 18.2 Å². The summed E-state index contributed by atoms with van der Waals surface area (Å²) in [5, 5.41) is 9.84. The summed E-state index contributed by atoms with van der Waals surface area (Å²) < 4.78 is 13.6. The van der Waals surface area contributed by atoms with Gasteiger partial charge < -0.3 is 14.6 Å². The van der Waals surface area contributed by atoms with Crippen LogP contribution >= 0.6 is 22.6 Å². The number of hydrogen-bond acceptors (Lipinski definition) is 5. The molecule has 0 spiro atoms. The number of hydrogen-bond donors (Lipinski definition) is 1. The third-order valence-electron chi connectivity index (χ3n) is 4.15. The maximum Gasteiger partial charge on any atom is 0.352 e. The average molecular weight is 518 g/mol. The highest BCUT2D eigenvalue weighted by molar-refractivity contribution is 14.1. The predicted octanol–water partition coefficient (Wildman–Crippen LogP) is 4.17. The Hall–Kier alpha value is -2.65.